The van der Waals surface area contributed by atoms with E-state index in [1.807, 2.05) is 0 Å². The fraction of sp³-hybridized carbons (Fsp3) is 0.314. The first-order chi connectivity index (χ1) is 17.1. The minimum Gasteiger partial charge on any atom is -0.0839 e. The summed E-state index contributed by atoms with van der Waals surface area (Å²) in [5.41, 5.74) is 18.4. The molecule has 2 aromatic carbocycles. The predicted octanol–water partition coefficient (Wildman–Crippen LogP) is 9.55. The van der Waals surface area contributed by atoms with Crippen molar-refractivity contribution in [1.82, 2.24) is 0 Å². The number of benzene rings is 2. The fourth-order valence-electron chi connectivity index (χ4n) is 7.09. The van der Waals surface area contributed by atoms with E-state index >= 15 is 0 Å². The average molecular weight is 455 g/mol. The van der Waals surface area contributed by atoms with Crippen LogP contribution in [-0.2, 0) is 5.41 Å². The zero-order valence-electron chi connectivity index (χ0n) is 21.1. The molecule has 0 aliphatic heterocycles. The van der Waals surface area contributed by atoms with Crippen LogP contribution in [0, 0.1) is 0 Å². The lowest BCUT2D eigenvalue weighted by Crippen LogP contribution is -2.15. The molecule has 5 aliphatic carbocycles. The van der Waals surface area contributed by atoms with Crippen molar-refractivity contribution in [3.05, 3.63) is 123 Å². The van der Waals surface area contributed by atoms with Crippen LogP contribution in [0.4, 0.5) is 0 Å². The van der Waals surface area contributed by atoms with Crippen molar-refractivity contribution in [1.29, 1.82) is 0 Å². The van der Waals surface area contributed by atoms with Crippen LogP contribution in [0.2, 0.25) is 0 Å². The van der Waals surface area contributed by atoms with E-state index in [9.17, 15) is 0 Å². The molecule has 0 amide bonds. The largest absolute Gasteiger partial charge is 0.0839 e. The fourth-order valence-corrected chi connectivity index (χ4v) is 7.09. The standard InChI is InChI=1S/C35H34/c1-35(2)33-10-6-5-9-31(33)32-18-17-30(22-34(32)35)29-16-15-27-20-26(13-14-28(27)21-29)25-12-11-23-7-3-4-8-24(23)19-25/h3,5-7,9-10,17-22H,4,8,11-16H2,1-2H3. The molecule has 174 valence electrons. The summed E-state index contributed by atoms with van der Waals surface area (Å²) in [6.07, 6.45) is 21.9. The molecule has 0 fully saturated rings. The summed E-state index contributed by atoms with van der Waals surface area (Å²) in [5.74, 6) is 0. The molecule has 0 nitrogen and oxygen atoms in total. The van der Waals surface area contributed by atoms with Gasteiger partial charge in [-0.3, -0.25) is 0 Å². The van der Waals surface area contributed by atoms with Gasteiger partial charge in [0, 0.05) is 5.41 Å². The van der Waals surface area contributed by atoms with Gasteiger partial charge in [0.05, 0.1) is 0 Å². The van der Waals surface area contributed by atoms with E-state index in [4.69, 9.17) is 0 Å². The Balaban J connectivity index is 1.20. The van der Waals surface area contributed by atoms with Gasteiger partial charge in [0.2, 0.25) is 0 Å². The lowest BCUT2D eigenvalue weighted by atomic mass is 9.77. The molecule has 0 unspecified atom stereocenters. The van der Waals surface area contributed by atoms with Crippen LogP contribution in [-0.4, -0.2) is 0 Å². The highest BCUT2D eigenvalue weighted by atomic mass is 14.4. The topological polar surface area (TPSA) is 0 Å². The van der Waals surface area contributed by atoms with Crippen LogP contribution >= 0.6 is 0 Å². The van der Waals surface area contributed by atoms with Gasteiger partial charge < -0.3 is 0 Å². The van der Waals surface area contributed by atoms with Crippen molar-refractivity contribution in [3.8, 4) is 11.1 Å². The number of hydrogen-bond donors (Lipinski definition) is 0. The van der Waals surface area contributed by atoms with Gasteiger partial charge in [0.1, 0.15) is 0 Å². The Kier molecular flexibility index (Phi) is 4.81. The lowest BCUT2D eigenvalue weighted by Gasteiger charge is -2.28. The Morgan fingerprint density at radius 1 is 0.571 bits per heavy atom. The molecule has 0 heteroatoms. The molecule has 0 radical (unpaired) electrons. The number of rotatable bonds is 2. The second kappa shape index (κ2) is 7.95. The van der Waals surface area contributed by atoms with E-state index in [-0.39, 0.29) is 5.41 Å². The van der Waals surface area contributed by atoms with Gasteiger partial charge in [-0.15, -0.1) is 0 Å². The van der Waals surface area contributed by atoms with E-state index in [2.05, 4.69) is 86.7 Å². The zero-order chi connectivity index (χ0) is 23.6. The highest BCUT2D eigenvalue weighted by Crippen LogP contribution is 2.50. The van der Waals surface area contributed by atoms with E-state index in [0.29, 0.717) is 0 Å². The summed E-state index contributed by atoms with van der Waals surface area (Å²) in [7, 11) is 0. The van der Waals surface area contributed by atoms with E-state index in [1.165, 1.54) is 78.3 Å². The van der Waals surface area contributed by atoms with Crippen LogP contribution in [0.1, 0.15) is 81.9 Å². The molecule has 0 N–H and O–H groups in total. The highest BCUT2D eigenvalue weighted by molar-refractivity contribution is 5.83. The monoisotopic (exact) mass is 454 g/mol. The quantitative estimate of drug-likeness (QED) is 0.424. The summed E-state index contributed by atoms with van der Waals surface area (Å²) in [6, 6.07) is 16.2. The Hall–Kier alpha value is -3.12. The molecular weight excluding hydrogens is 420 g/mol. The van der Waals surface area contributed by atoms with Gasteiger partial charge in [0.15, 0.2) is 0 Å². The van der Waals surface area contributed by atoms with Crippen LogP contribution < -0.4 is 0 Å². The number of allylic oxidation sites excluding steroid dienone is 12. The molecule has 2 aromatic rings. The van der Waals surface area contributed by atoms with E-state index in [0.717, 1.165) is 6.42 Å². The van der Waals surface area contributed by atoms with Gasteiger partial charge >= 0.3 is 0 Å². The highest BCUT2D eigenvalue weighted by Gasteiger charge is 2.35. The predicted molar refractivity (Wildman–Crippen MR) is 148 cm³/mol. The second-order valence-corrected chi connectivity index (χ2v) is 11.5. The number of fused-ring (bicyclic) bond motifs is 3. The first-order valence-electron chi connectivity index (χ1n) is 13.6. The summed E-state index contributed by atoms with van der Waals surface area (Å²) in [5, 5.41) is 0. The average Bonchev–Trinajstić information content (AvgIpc) is 3.14. The van der Waals surface area contributed by atoms with Crippen molar-refractivity contribution >= 4 is 5.57 Å². The molecule has 7 rings (SSSR count). The molecule has 0 heterocycles. The Bertz CT molecular complexity index is 1440. The molecule has 5 aliphatic rings. The third-order valence-electron chi connectivity index (χ3n) is 9.13. The molecule has 0 saturated heterocycles. The summed E-state index contributed by atoms with van der Waals surface area (Å²) >= 11 is 0. The van der Waals surface area contributed by atoms with Crippen LogP contribution in [0.3, 0.4) is 0 Å². The normalized spacial score (nSPS) is 22.1. The molecule has 35 heavy (non-hydrogen) atoms. The van der Waals surface area contributed by atoms with E-state index < -0.39 is 0 Å². The van der Waals surface area contributed by atoms with Gasteiger partial charge in [0.25, 0.3) is 0 Å². The summed E-state index contributed by atoms with van der Waals surface area (Å²) < 4.78 is 0. The van der Waals surface area contributed by atoms with Crippen LogP contribution in [0.25, 0.3) is 16.7 Å². The van der Waals surface area contributed by atoms with Crippen molar-refractivity contribution in [2.24, 2.45) is 0 Å². The van der Waals surface area contributed by atoms with Crippen molar-refractivity contribution in [2.75, 3.05) is 0 Å². The maximum Gasteiger partial charge on any atom is 0.0159 e. The minimum absolute atomic E-state index is 0.0707. The molecule has 0 spiro atoms. The van der Waals surface area contributed by atoms with Crippen molar-refractivity contribution < 1.29 is 0 Å². The molecule has 0 atom stereocenters. The van der Waals surface area contributed by atoms with Gasteiger partial charge in [-0.1, -0.05) is 80.6 Å². The van der Waals surface area contributed by atoms with Gasteiger partial charge in [-0.05, 0) is 124 Å². The maximum atomic E-state index is 2.56. The minimum atomic E-state index is 0.0707. The smallest absolute Gasteiger partial charge is 0.0159 e. The molecule has 0 saturated carbocycles. The van der Waals surface area contributed by atoms with Crippen LogP contribution in [0.15, 0.2) is 106 Å². The third-order valence-corrected chi connectivity index (χ3v) is 9.13. The van der Waals surface area contributed by atoms with Crippen molar-refractivity contribution in [2.45, 2.75) is 70.6 Å². The lowest BCUT2D eigenvalue weighted by molar-refractivity contribution is 0.660. The van der Waals surface area contributed by atoms with E-state index in [1.54, 1.807) is 33.4 Å². The van der Waals surface area contributed by atoms with Crippen molar-refractivity contribution in [3.63, 3.8) is 0 Å². The SMILES string of the molecule is CC1(C)c2ccccc2-c2ccc(C3=CC4=C(C=C(C5=CC6=C(C=CCC6)CC5)CC4)CC3)cc21. The first kappa shape index (κ1) is 21.2. The Morgan fingerprint density at radius 3 is 2.00 bits per heavy atom. The molecule has 0 bridgehead atoms. The zero-order valence-corrected chi connectivity index (χ0v) is 21.1. The molecule has 0 aromatic heterocycles. The molecular formula is C35H34. The summed E-state index contributed by atoms with van der Waals surface area (Å²) in [6.45, 7) is 4.76. The number of hydrogen-bond acceptors (Lipinski definition) is 0. The van der Waals surface area contributed by atoms with Gasteiger partial charge in [-0.25, -0.2) is 0 Å². The summed E-state index contributed by atoms with van der Waals surface area (Å²) in [4.78, 5) is 0. The third kappa shape index (κ3) is 3.41. The maximum absolute atomic E-state index is 2.56. The van der Waals surface area contributed by atoms with Gasteiger partial charge in [-0.2, -0.15) is 0 Å². The Morgan fingerprint density at radius 2 is 1.20 bits per heavy atom. The second-order valence-electron chi connectivity index (χ2n) is 11.5. The first-order valence-corrected chi connectivity index (χ1v) is 13.6. The van der Waals surface area contributed by atoms with Crippen LogP contribution in [0.5, 0.6) is 0 Å². The Labute approximate surface area is 210 Å².